The van der Waals surface area contributed by atoms with Crippen LogP contribution in [0.15, 0.2) is 48.7 Å². The molecule has 0 bridgehead atoms. The number of aromatic nitrogens is 2. The Morgan fingerprint density at radius 3 is 2.81 bits per heavy atom. The maximum absolute atomic E-state index is 12.7. The van der Waals surface area contributed by atoms with E-state index in [1.54, 1.807) is 13.2 Å². The normalized spacial score (nSPS) is 10.6. The lowest BCUT2D eigenvalue weighted by atomic mass is 10.2. The first-order valence-corrected chi connectivity index (χ1v) is 6.54. The van der Waals surface area contributed by atoms with Crippen molar-refractivity contribution in [2.45, 2.75) is 6.54 Å². The van der Waals surface area contributed by atoms with Gasteiger partial charge in [-0.1, -0.05) is 18.2 Å². The van der Waals surface area contributed by atoms with E-state index >= 15 is 0 Å². The molecule has 4 nitrogen and oxygen atoms in total. The largest absolute Gasteiger partial charge is 0.494 e. The van der Waals surface area contributed by atoms with E-state index < -0.39 is 5.95 Å². The zero-order valence-electron chi connectivity index (χ0n) is 11.5. The summed E-state index contributed by atoms with van der Waals surface area (Å²) in [5.74, 6) is 0.256. The lowest BCUT2D eigenvalue weighted by molar-refractivity contribution is 0.419. The van der Waals surface area contributed by atoms with Crippen molar-refractivity contribution in [3.8, 4) is 5.75 Å². The first-order valence-electron chi connectivity index (χ1n) is 6.54. The second-order valence-electron chi connectivity index (χ2n) is 4.56. The highest BCUT2D eigenvalue weighted by molar-refractivity contribution is 5.84. The lowest BCUT2D eigenvalue weighted by Crippen LogP contribution is -2.02. The van der Waals surface area contributed by atoms with Crippen LogP contribution in [0.2, 0.25) is 0 Å². The van der Waals surface area contributed by atoms with E-state index in [0.29, 0.717) is 6.54 Å². The molecule has 21 heavy (non-hydrogen) atoms. The molecule has 0 spiro atoms. The van der Waals surface area contributed by atoms with E-state index in [1.165, 1.54) is 12.3 Å². The average Bonchev–Trinajstić information content (AvgIpc) is 2.53. The fourth-order valence-electron chi connectivity index (χ4n) is 2.10. The Balaban J connectivity index is 1.82. The third kappa shape index (κ3) is 2.91. The van der Waals surface area contributed by atoms with Crippen molar-refractivity contribution in [2.24, 2.45) is 0 Å². The van der Waals surface area contributed by atoms with Crippen LogP contribution >= 0.6 is 0 Å². The highest BCUT2D eigenvalue weighted by atomic mass is 19.1. The van der Waals surface area contributed by atoms with Crippen molar-refractivity contribution >= 4 is 16.6 Å². The van der Waals surface area contributed by atoms with Gasteiger partial charge in [-0.15, -0.1) is 0 Å². The van der Waals surface area contributed by atoms with Gasteiger partial charge in [-0.25, -0.2) is 9.97 Å². The van der Waals surface area contributed by atoms with E-state index in [0.717, 1.165) is 28.0 Å². The number of pyridine rings is 2. The molecular formula is C16H14FN3O. The molecule has 1 N–H and O–H groups in total. The zero-order valence-corrected chi connectivity index (χ0v) is 11.5. The van der Waals surface area contributed by atoms with Crippen LogP contribution in [0.1, 0.15) is 5.69 Å². The van der Waals surface area contributed by atoms with Crippen LogP contribution < -0.4 is 10.1 Å². The van der Waals surface area contributed by atoms with Crippen LogP contribution in [0.3, 0.4) is 0 Å². The Kier molecular flexibility index (Phi) is 3.64. The topological polar surface area (TPSA) is 47.0 Å². The van der Waals surface area contributed by atoms with Gasteiger partial charge in [0.05, 0.1) is 31.2 Å². The summed E-state index contributed by atoms with van der Waals surface area (Å²) < 4.78 is 18.1. The number of nitrogens with one attached hydrogen (secondary N) is 1. The van der Waals surface area contributed by atoms with Crippen LogP contribution in [-0.4, -0.2) is 17.1 Å². The number of ether oxygens (including phenoxy) is 1. The van der Waals surface area contributed by atoms with Gasteiger partial charge in [0, 0.05) is 5.39 Å². The molecule has 5 heteroatoms. The van der Waals surface area contributed by atoms with Gasteiger partial charge in [-0.05, 0) is 24.3 Å². The Morgan fingerprint density at radius 2 is 2.05 bits per heavy atom. The van der Waals surface area contributed by atoms with Crippen LogP contribution in [0.25, 0.3) is 10.9 Å². The second kappa shape index (κ2) is 5.75. The van der Waals surface area contributed by atoms with Gasteiger partial charge >= 0.3 is 0 Å². The predicted octanol–water partition coefficient (Wildman–Crippen LogP) is 3.39. The summed E-state index contributed by atoms with van der Waals surface area (Å²) >= 11 is 0. The first kappa shape index (κ1) is 13.3. The van der Waals surface area contributed by atoms with Crippen LogP contribution in [0, 0.1) is 5.95 Å². The van der Waals surface area contributed by atoms with Gasteiger partial charge < -0.3 is 10.1 Å². The first-order chi connectivity index (χ1) is 10.3. The molecule has 1 aromatic carbocycles. The summed E-state index contributed by atoms with van der Waals surface area (Å²) in [7, 11) is 1.63. The van der Waals surface area contributed by atoms with Crippen molar-refractivity contribution in [3.63, 3.8) is 0 Å². The molecule has 2 aromatic heterocycles. The van der Waals surface area contributed by atoms with E-state index in [2.05, 4.69) is 15.3 Å². The summed E-state index contributed by atoms with van der Waals surface area (Å²) in [6.45, 7) is 0.529. The van der Waals surface area contributed by atoms with Crippen LogP contribution in [0.5, 0.6) is 5.75 Å². The summed E-state index contributed by atoms with van der Waals surface area (Å²) in [5, 5.41) is 4.19. The Labute approximate surface area is 121 Å². The number of nitrogens with zero attached hydrogens (tertiary/aromatic N) is 2. The number of methoxy groups -OCH3 is 1. The van der Waals surface area contributed by atoms with Gasteiger partial charge in [0.15, 0.2) is 0 Å². The zero-order chi connectivity index (χ0) is 14.7. The summed E-state index contributed by atoms with van der Waals surface area (Å²) in [6, 6.07) is 12.7. The minimum Gasteiger partial charge on any atom is -0.494 e. The second-order valence-corrected chi connectivity index (χ2v) is 4.56. The number of hydrogen-bond donors (Lipinski definition) is 1. The van der Waals surface area contributed by atoms with Gasteiger partial charge in [-0.2, -0.15) is 4.39 Å². The fraction of sp³-hybridized carbons (Fsp3) is 0.125. The smallest absolute Gasteiger partial charge is 0.212 e. The average molecular weight is 283 g/mol. The quantitative estimate of drug-likeness (QED) is 0.746. The number of para-hydroxylation sites is 1. The van der Waals surface area contributed by atoms with E-state index in [4.69, 9.17) is 4.74 Å². The molecule has 0 fully saturated rings. The van der Waals surface area contributed by atoms with E-state index in [1.807, 2.05) is 30.3 Å². The number of anilines is 1. The molecule has 2 heterocycles. The molecule has 106 valence electrons. The number of fused-ring (bicyclic) bond motifs is 1. The minimum absolute atomic E-state index is 0.492. The van der Waals surface area contributed by atoms with Crippen molar-refractivity contribution in [2.75, 3.05) is 12.4 Å². The van der Waals surface area contributed by atoms with Crippen molar-refractivity contribution in [3.05, 3.63) is 60.3 Å². The minimum atomic E-state index is -0.492. The molecule has 0 atom stereocenters. The molecule has 0 unspecified atom stereocenters. The van der Waals surface area contributed by atoms with Crippen molar-refractivity contribution in [1.29, 1.82) is 0 Å². The van der Waals surface area contributed by atoms with E-state index in [-0.39, 0.29) is 0 Å². The summed E-state index contributed by atoms with van der Waals surface area (Å²) in [5.41, 5.74) is 2.45. The van der Waals surface area contributed by atoms with Gasteiger partial charge in [-0.3, -0.25) is 0 Å². The highest BCUT2D eigenvalue weighted by Gasteiger charge is 2.04. The van der Waals surface area contributed by atoms with Crippen LogP contribution in [-0.2, 0) is 6.54 Å². The Morgan fingerprint density at radius 1 is 1.14 bits per heavy atom. The van der Waals surface area contributed by atoms with E-state index in [9.17, 15) is 4.39 Å². The maximum atomic E-state index is 12.7. The molecular weight excluding hydrogens is 269 g/mol. The number of hydrogen-bond acceptors (Lipinski definition) is 4. The molecule has 0 radical (unpaired) electrons. The third-order valence-electron chi connectivity index (χ3n) is 3.16. The SMILES string of the molecule is COc1cccc2ccc(CNc3ccc(F)nc3)nc12. The molecule has 3 aromatic rings. The molecule has 0 saturated carbocycles. The van der Waals surface area contributed by atoms with Crippen molar-refractivity contribution in [1.82, 2.24) is 9.97 Å². The summed E-state index contributed by atoms with van der Waals surface area (Å²) in [6.07, 6.45) is 1.46. The molecule has 0 amide bonds. The standard InChI is InChI=1S/C16H14FN3O/c1-21-14-4-2-3-11-5-6-13(20-16(11)14)10-18-12-7-8-15(17)19-9-12/h2-9,18H,10H2,1H3. The highest BCUT2D eigenvalue weighted by Crippen LogP contribution is 2.23. The van der Waals surface area contributed by atoms with Gasteiger partial charge in [0.25, 0.3) is 0 Å². The van der Waals surface area contributed by atoms with Gasteiger partial charge in [0.2, 0.25) is 5.95 Å². The Hall–Kier alpha value is -2.69. The number of rotatable bonds is 4. The molecule has 0 aliphatic carbocycles. The fourth-order valence-corrected chi connectivity index (χ4v) is 2.10. The molecule has 0 saturated heterocycles. The third-order valence-corrected chi connectivity index (χ3v) is 3.16. The molecule has 3 rings (SSSR count). The molecule has 0 aliphatic heterocycles. The lowest BCUT2D eigenvalue weighted by Gasteiger charge is -2.08. The van der Waals surface area contributed by atoms with Gasteiger partial charge in [0.1, 0.15) is 11.3 Å². The van der Waals surface area contributed by atoms with Crippen molar-refractivity contribution < 1.29 is 9.13 Å². The number of benzene rings is 1. The Bertz CT molecular complexity index is 759. The van der Waals surface area contributed by atoms with Crippen LogP contribution in [0.4, 0.5) is 10.1 Å². The molecule has 0 aliphatic rings. The maximum Gasteiger partial charge on any atom is 0.212 e. The number of halogens is 1. The summed E-state index contributed by atoms with van der Waals surface area (Å²) in [4.78, 5) is 8.20. The monoisotopic (exact) mass is 283 g/mol. The predicted molar refractivity (Wildman–Crippen MR) is 79.8 cm³/mol.